The lowest BCUT2D eigenvalue weighted by Crippen LogP contribution is -2.25. The van der Waals surface area contributed by atoms with Gasteiger partial charge in [0, 0.05) is 19.3 Å². The van der Waals surface area contributed by atoms with Crippen molar-refractivity contribution in [3.63, 3.8) is 0 Å². The number of aliphatic hydroxyl groups is 1. The van der Waals surface area contributed by atoms with Crippen LogP contribution in [-0.2, 0) is 33.3 Å². The number of aliphatic hydroxyl groups excluding tert-OH is 1. The average Bonchev–Trinajstić information content (AvgIpc) is 4.00. The number of hydrogen-bond acceptors (Lipinski definition) is 8. The van der Waals surface area contributed by atoms with Gasteiger partial charge in [-0.15, -0.1) is 0 Å². The number of esters is 2. The maximum atomic E-state index is 12.0. The van der Waals surface area contributed by atoms with Crippen molar-refractivity contribution in [2.75, 3.05) is 13.2 Å². The van der Waals surface area contributed by atoms with Crippen LogP contribution in [-0.4, -0.2) is 73.0 Å². The van der Waals surface area contributed by atoms with Crippen molar-refractivity contribution < 1.29 is 38.4 Å². The lowest BCUT2D eigenvalue weighted by molar-refractivity contribution is -0.152. The first-order valence-electron chi connectivity index (χ1n) is 20.0. The summed E-state index contributed by atoms with van der Waals surface area (Å²) in [5, 5.41) is 10.0. The van der Waals surface area contributed by atoms with Crippen LogP contribution < -0.4 is 0 Å². The number of carbonyl (C=O) groups is 2. The van der Waals surface area contributed by atoms with Gasteiger partial charge in [-0.25, -0.2) is 0 Å². The number of rotatable bonds is 33. The first-order chi connectivity index (χ1) is 23.0. The summed E-state index contributed by atoms with van der Waals surface area (Å²) >= 11 is 0. The Morgan fingerprint density at radius 1 is 0.489 bits per heavy atom. The highest BCUT2D eigenvalue weighted by Crippen LogP contribution is 2.39. The SMILES string of the molecule is CCCCCCCCC1OC1CCCCCCCC(=O)OCC(O)COC(=O)CCCCCCCC1OC1C[C@@H]1OC1CCCCC. The van der Waals surface area contributed by atoms with Gasteiger partial charge in [0.05, 0.1) is 36.6 Å². The Bertz CT molecular complexity index is 821. The third kappa shape index (κ3) is 20.1. The molecule has 3 fully saturated rings. The van der Waals surface area contributed by atoms with Gasteiger partial charge in [0.15, 0.2) is 0 Å². The quantitative estimate of drug-likeness (QED) is 0.0420. The summed E-state index contributed by atoms with van der Waals surface area (Å²) in [4.78, 5) is 24.0. The predicted octanol–water partition coefficient (Wildman–Crippen LogP) is 8.92. The van der Waals surface area contributed by atoms with E-state index in [-0.39, 0.29) is 25.2 Å². The summed E-state index contributed by atoms with van der Waals surface area (Å²) in [6.45, 7) is 4.23. The van der Waals surface area contributed by atoms with Crippen LogP contribution in [0.15, 0.2) is 0 Å². The predicted molar refractivity (Wildman–Crippen MR) is 185 cm³/mol. The van der Waals surface area contributed by atoms with Gasteiger partial charge in [0.2, 0.25) is 0 Å². The van der Waals surface area contributed by atoms with E-state index in [1.165, 1.54) is 89.9 Å². The van der Waals surface area contributed by atoms with Crippen molar-refractivity contribution in [1.29, 1.82) is 0 Å². The van der Waals surface area contributed by atoms with Gasteiger partial charge in [0.1, 0.15) is 19.3 Å². The van der Waals surface area contributed by atoms with Gasteiger partial charge in [-0.05, 0) is 38.5 Å². The second-order valence-corrected chi connectivity index (χ2v) is 14.6. The summed E-state index contributed by atoms with van der Waals surface area (Å²) in [6, 6.07) is 0. The Balaban J connectivity index is 1.00. The first kappa shape index (κ1) is 40.2. The monoisotopic (exact) mass is 667 g/mol. The summed E-state index contributed by atoms with van der Waals surface area (Å²) in [7, 11) is 0. The van der Waals surface area contributed by atoms with E-state index >= 15 is 0 Å². The molecule has 8 nitrogen and oxygen atoms in total. The van der Waals surface area contributed by atoms with E-state index in [1.807, 2.05) is 0 Å². The summed E-state index contributed by atoms with van der Waals surface area (Å²) in [5.41, 5.74) is 0. The van der Waals surface area contributed by atoms with Gasteiger partial charge in [-0.1, -0.05) is 123 Å². The molecule has 0 spiro atoms. The fourth-order valence-electron chi connectivity index (χ4n) is 6.78. The molecule has 3 aliphatic rings. The van der Waals surface area contributed by atoms with Crippen LogP contribution in [0.4, 0.5) is 0 Å². The summed E-state index contributed by atoms with van der Waals surface area (Å²) < 4.78 is 27.8. The van der Waals surface area contributed by atoms with Gasteiger partial charge < -0.3 is 28.8 Å². The highest BCUT2D eigenvalue weighted by molar-refractivity contribution is 5.69. The maximum Gasteiger partial charge on any atom is 0.305 e. The first-order valence-corrected chi connectivity index (χ1v) is 20.0. The molecule has 6 unspecified atom stereocenters. The molecule has 47 heavy (non-hydrogen) atoms. The largest absolute Gasteiger partial charge is 0.463 e. The highest BCUT2D eigenvalue weighted by atomic mass is 16.6. The van der Waals surface area contributed by atoms with Crippen molar-refractivity contribution in [2.24, 2.45) is 0 Å². The lowest BCUT2D eigenvalue weighted by Gasteiger charge is -2.12. The number of ether oxygens (including phenoxy) is 5. The van der Waals surface area contributed by atoms with Crippen molar-refractivity contribution in [2.45, 2.75) is 224 Å². The molecule has 3 saturated heterocycles. The summed E-state index contributed by atoms with van der Waals surface area (Å²) in [6.07, 6.45) is 30.7. The smallest absolute Gasteiger partial charge is 0.305 e. The lowest BCUT2D eigenvalue weighted by atomic mass is 10.0. The molecule has 0 bridgehead atoms. The van der Waals surface area contributed by atoms with E-state index in [0.29, 0.717) is 49.5 Å². The average molecular weight is 667 g/mol. The molecular weight excluding hydrogens is 596 g/mol. The van der Waals surface area contributed by atoms with Crippen LogP contribution in [0.2, 0.25) is 0 Å². The van der Waals surface area contributed by atoms with Crippen LogP contribution in [0, 0.1) is 0 Å². The van der Waals surface area contributed by atoms with Crippen molar-refractivity contribution in [3.8, 4) is 0 Å². The molecule has 3 rings (SSSR count). The zero-order valence-electron chi connectivity index (χ0n) is 30.1. The van der Waals surface area contributed by atoms with Gasteiger partial charge in [-0.3, -0.25) is 9.59 Å². The Morgan fingerprint density at radius 2 is 0.809 bits per heavy atom. The zero-order chi connectivity index (χ0) is 33.5. The van der Waals surface area contributed by atoms with E-state index in [1.54, 1.807) is 0 Å². The molecule has 0 amide bonds. The topological polar surface area (TPSA) is 110 Å². The molecule has 3 aliphatic heterocycles. The Kier molecular flexibility index (Phi) is 21.3. The second-order valence-electron chi connectivity index (χ2n) is 14.6. The number of unbranched alkanes of at least 4 members (excludes halogenated alkanes) is 15. The van der Waals surface area contributed by atoms with Crippen LogP contribution in [0.1, 0.15) is 181 Å². The minimum Gasteiger partial charge on any atom is -0.463 e. The molecule has 0 radical (unpaired) electrons. The van der Waals surface area contributed by atoms with E-state index < -0.39 is 6.10 Å². The molecule has 274 valence electrons. The third-order valence-electron chi connectivity index (χ3n) is 10.1. The Labute approximate surface area is 286 Å². The van der Waals surface area contributed by atoms with Crippen molar-refractivity contribution >= 4 is 11.9 Å². The number of epoxide rings is 3. The fourth-order valence-corrected chi connectivity index (χ4v) is 6.78. The van der Waals surface area contributed by atoms with E-state index in [9.17, 15) is 14.7 Å². The normalized spacial score (nSPS) is 25.0. The molecule has 8 heteroatoms. The minimum absolute atomic E-state index is 0.133. The molecule has 0 saturated carbocycles. The van der Waals surface area contributed by atoms with Gasteiger partial charge in [0.25, 0.3) is 0 Å². The van der Waals surface area contributed by atoms with E-state index in [2.05, 4.69) is 13.8 Å². The van der Waals surface area contributed by atoms with E-state index in [4.69, 9.17) is 23.7 Å². The van der Waals surface area contributed by atoms with Crippen LogP contribution in [0.3, 0.4) is 0 Å². The molecule has 0 aromatic carbocycles. The molecule has 3 heterocycles. The summed E-state index contributed by atoms with van der Waals surface area (Å²) in [5.74, 6) is -0.604. The maximum absolute atomic E-state index is 12.0. The molecule has 0 aromatic heterocycles. The van der Waals surface area contributed by atoms with Crippen LogP contribution >= 0.6 is 0 Å². The van der Waals surface area contributed by atoms with Crippen LogP contribution in [0.25, 0.3) is 0 Å². The zero-order valence-corrected chi connectivity index (χ0v) is 30.1. The molecular formula is C39H70O8. The van der Waals surface area contributed by atoms with Gasteiger partial charge in [-0.2, -0.15) is 0 Å². The molecule has 0 aliphatic carbocycles. The molecule has 7 atom stereocenters. The second kappa shape index (κ2) is 24.8. The molecule has 0 aromatic rings. The molecule has 1 N–H and O–H groups in total. The highest BCUT2D eigenvalue weighted by Gasteiger charge is 2.47. The van der Waals surface area contributed by atoms with Crippen LogP contribution in [0.5, 0.6) is 0 Å². The number of hydrogen-bond donors (Lipinski definition) is 1. The van der Waals surface area contributed by atoms with E-state index in [0.717, 1.165) is 64.2 Å². The number of carbonyl (C=O) groups excluding carboxylic acids is 2. The van der Waals surface area contributed by atoms with Gasteiger partial charge >= 0.3 is 11.9 Å². The third-order valence-corrected chi connectivity index (χ3v) is 10.1. The standard InChI is InChI=1S/C39H70O8/c1-3-5-7-8-11-17-23-32-33(45-32)24-18-12-9-14-20-26-38(41)43-29-31(40)30-44-39(42)27-21-15-10-13-19-25-35-37(47-35)28-36-34(46-36)22-16-6-4-2/h31-37,40H,3-30H2,1-2H3/t31?,32?,33?,34?,35?,36-,37?/m0/s1. The Hall–Kier alpha value is -1.22. The van der Waals surface area contributed by atoms with Crippen molar-refractivity contribution in [3.05, 3.63) is 0 Å². The fraction of sp³-hybridized carbons (Fsp3) is 0.949. The van der Waals surface area contributed by atoms with Crippen molar-refractivity contribution in [1.82, 2.24) is 0 Å². The Morgan fingerprint density at radius 3 is 1.26 bits per heavy atom. The minimum atomic E-state index is -0.982.